The van der Waals surface area contributed by atoms with Gasteiger partial charge in [-0.1, -0.05) is 29.8 Å². The highest BCUT2D eigenvalue weighted by molar-refractivity contribution is 5.80. The van der Waals surface area contributed by atoms with Crippen LogP contribution in [-0.4, -0.2) is 25.8 Å². The summed E-state index contributed by atoms with van der Waals surface area (Å²) in [5, 5.41) is 13.4. The minimum Gasteiger partial charge on any atom is -0.479 e. The molecule has 0 amide bonds. The highest BCUT2D eigenvalue weighted by Gasteiger charge is 2.38. The average molecular weight is 231 g/mol. The van der Waals surface area contributed by atoms with Crippen LogP contribution < -0.4 is 0 Å². The molecule has 0 spiro atoms. The first-order valence-corrected chi connectivity index (χ1v) is 5.21. The van der Waals surface area contributed by atoms with Crippen LogP contribution in [-0.2, 0) is 10.3 Å². The Kier molecular flexibility index (Phi) is 2.67. The van der Waals surface area contributed by atoms with Crippen molar-refractivity contribution in [2.75, 3.05) is 0 Å². The van der Waals surface area contributed by atoms with Gasteiger partial charge in [-0.2, -0.15) is 5.10 Å². The first-order chi connectivity index (χ1) is 8.05. The quantitative estimate of drug-likeness (QED) is 0.867. The Labute approximate surface area is 98.7 Å². The van der Waals surface area contributed by atoms with Crippen LogP contribution in [0.3, 0.4) is 0 Å². The van der Waals surface area contributed by atoms with Crippen molar-refractivity contribution >= 4 is 5.97 Å². The smallest absolute Gasteiger partial charge is 0.336 e. The number of hydrogen-bond acceptors (Lipinski definition) is 3. The Morgan fingerprint density at radius 3 is 2.76 bits per heavy atom. The fraction of sp³-hybridized carbons (Fsp3) is 0.250. The van der Waals surface area contributed by atoms with E-state index in [1.165, 1.54) is 17.3 Å². The van der Waals surface area contributed by atoms with E-state index in [1.54, 1.807) is 13.0 Å². The van der Waals surface area contributed by atoms with Crippen LogP contribution in [0.1, 0.15) is 18.1 Å². The monoisotopic (exact) mass is 231 g/mol. The zero-order valence-corrected chi connectivity index (χ0v) is 9.66. The van der Waals surface area contributed by atoms with E-state index >= 15 is 0 Å². The van der Waals surface area contributed by atoms with E-state index < -0.39 is 11.5 Å². The number of benzene rings is 1. The predicted molar refractivity (Wildman–Crippen MR) is 61.6 cm³/mol. The number of hydrogen-bond donors (Lipinski definition) is 1. The average Bonchev–Trinajstić information content (AvgIpc) is 2.81. The van der Waals surface area contributed by atoms with Crippen molar-refractivity contribution in [2.24, 2.45) is 0 Å². The molecule has 0 aliphatic heterocycles. The van der Waals surface area contributed by atoms with Gasteiger partial charge in [0.25, 0.3) is 0 Å². The number of carboxylic acids is 1. The third-order valence-corrected chi connectivity index (χ3v) is 2.87. The molecule has 1 N–H and O–H groups in total. The molecule has 2 aromatic rings. The fourth-order valence-electron chi connectivity index (χ4n) is 1.74. The van der Waals surface area contributed by atoms with Gasteiger partial charge in [-0.15, -0.1) is 0 Å². The molecule has 1 aromatic heterocycles. The Morgan fingerprint density at radius 1 is 1.47 bits per heavy atom. The van der Waals surface area contributed by atoms with Gasteiger partial charge in [0.2, 0.25) is 0 Å². The van der Waals surface area contributed by atoms with Gasteiger partial charge in [-0.3, -0.25) is 0 Å². The van der Waals surface area contributed by atoms with Gasteiger partial charge >= 0.3 is 5.97 Å². The van der Waals surface area contributed by atoms with Crippen LogP contribution >= 0.6 is 0 Å². The lowest BCUT2D eigenvalue weighted by Gasteiger charge is -2.25. The summed E-state index contributed by atoms with van der Waals surface area (Å²) in [6.45, 7) is 3.53. The van der Waals surface area contributed by atoms with E-state index in [4.69, 9.17) is 0 Å². The van der Waals surface area contributed by atoms with Crippen molar-refractivity contribution in [2.45, 2.75) is 19.4 Å². The number of aliphatic carboxylic acids is 1. The summed E-state index contributed by atoms with van der Waals surface area (Å²) >= 11 is 0. The molecule has 5 heteroatoms. The van der Waals surface area contributed by atoms with Gasteiger partial charge in [-0.05, 0) is 19.4 Å². The SMILES string of the molecule is Cc1cccc(C(C)(C(=O)O)n2cncn2)c1. The fourth-order valence-corrected chi connectivity index (χ4v) is 1.74. The molecule has 17 heavy (non-hydrogen) atoms. The molecule has 0 aliphatic carbocycles. The molecule has 1 heterocycles. The largest absolute Gasteiger partial charge is 0.479 e. The van der Waals surface area contributed by atoms with Gasteiger partial charge in [0.15, 0.2) is 5.54 Å². The highest BCUT2D eigenvalue weighted by Crippen LogP contribution is 2.25. The Hall–Kier alpha value is -2.17. The molecule has 1 aromatic carbocycles. The standard InChI is InChI=1S/C12H13N3O2/c1-9-4-3-5-10(6-9)12(2,11(16)17)15-8-13-7-14-15/h3-8H,1-2H3,(H,16,17). The number of carbonyl (C=O) groups is 1. The lowest BCUT2D eigenvalue weighted by molar-refractivity contribution is -0.144. The molecule has 0 saturated carbocycles. The molecule has 1 unspecified atom stereocenters. The van der Waals surface area contributed by atoms with Crippen LogP contribution in [0, 0.1) is 6.92 Å². The van der Waals surface area contributed by atoms with Crippen LogP contribution in [0.4, 0.5) is 0 Å². The summed E-state index contributed by atoms with van der Waals surface area (Å²) < 4.78 is 1.35. The Bertz CT molecular complexity index is 536. The lowest BCUT2D eigenvalue weighted by Crippen LogP contribution is -2.40. The zero-order chi connectivity index (χ0) is 12.5. The predicted octanol–water partition coefficient (Wildman–Crippen LogP) is 1.43. The summed E-state index contributed by atoms with van der Waals surface area (Å²) in [5.74, 6) is -0.964. The molecular formula is C12H13N3O2. The summed E-state index contributed by atoms with van der Waals surface area (Å²) in [6, 6.07) is 7.38. The van der Waals surface area contributed by atoms with E-state index in [0.29, 0.717) is 5.56 Å². The molecule has 0 radical (unpaired) electrons. The van der Waals surface area contributed by atoms with Crippen molar-refractivity contribution in [1.29, 1.82) is 0 Å². The number of aromatic nitrogens is 3. The highest BCUT2D eigenvalue weighted by atomic mass is 16.4. The molecular weight excluding hydrogens is 218 g/mol. The maximum atomic E-state index is 11.5. The Balaban J connectivity index is 2.60. The third kappa shape index (κ3) is 1.80. The second-order valence-corrected chi connectivity index (χ2v) is 4.09. The van der Waals surface area contributed by atoms with Gasteiger partial charge in [0, 0.05) is 0 Å². The minimum absolute atomic E-state index is 0.676. The van der Waals surface area contributed by atoms with Crippen molar-refractivity contribution in [3.63, 3.8) is 0 Å². The van der Waals surface area contributed by atoms with E-state index in [1.807, 2.05) is 25.1 Å². The van der Waals surface area contributed by atoms with Crippen molar-refractivity contribution < 1.29 is 9.90 Å². The summed E-state index contributed by atoms with van der Waals surface area (Å²) in [5.41, 5.74) is 0.452. The second-order valence-electron chi connectivity index (χ2n) is 4.09. The number of aryl methyl sites for hydroxylation is 1. The summed E-state index contributed by atoms with van der Waals surface area (Å²) in [6.07, 6.45) is 2.74. The normalized spacial score (nSPS) is 14.2. The maximum Gasteiger partial charge on any atom is 0.336 e. The number of nitrogens with zero attached hydrogens (tertiary/aromatic N) is 3. The van der Waals surface area contributed by atoms with Crippen LogP contribution in [0.25, 0.3) is 0 Å². The lowest BCUT2D eigenvalue weighted by atomic mass is 9.91. The topological polar surface area (TPSA) is 68.0 Å². The summed E-state index contributed by atoms with van der Waals surface area (Å²) in [4.78, 5) is 15.3. The molecule has 0 saturated heterocycles. The number of carboxylic acid groups (broad SMARTS) is 1. The van der Waals surface area contributed by atoms with Crippen LogP contribution in [0.2, 0.25) is 0 Å². The first kappa shape index (κ1) is 11.3. The molecule has 0 fully saturated rings. The van der Waals surface area contributed by atoms with Crippen molar-refractivity contribution in [3.8, 4) is 0 Å². The first-order valence-electron chi connectivity index (χ1n) is 5.21. The molecule has 0 aliphatic rings. The third-order valence-electron chi connectivity index (χ3n) is 2.87. The zero-order valence-electron chi connectivity index (χ0n) is 9.66. The van der Waals surface area contributed by atoms with E-state index in [9.17, 15) is 9.90 Å². The number of rotatable bonds is 3. The van der Waals surface area contributed by atoms with Gasteiger partial charge < -0.3 is 5.11 Å². The second kappa shape index (κ2) is 4.01. The molecule has 2 rings (SSSR count). The maximum absolute atomic E-state index is 11.5. The summed E-state index contributed by atoms with van der Waals surface area (Å²) in [7, 11) is 0. The minimum atomic E-state index is -1.23. The molecule has 5 nitrogen and oxygen atoms in total. The van der Waals surface area contributed by atoms with E-state index in [2.05, 4.69) is 10.1 Å². The van der Waals surface area contributed by atoms with Gasteiger partial charge in [0.1, 0.15) is 12.7 Å². The van der Waals surface area contributed by atoms with Crippen molar-refractivity contribution in [1.82, 2.24) is 14.8 Å². The Morgan fingerprint density at radius 2 is 2.24 bits per heavy atom. The van der Waals surface area contributed by atoms with Crippen molar-refractivity contribution in [3.05, 3.63) is 48.0 Å². The van der Waals surface area contributed by atoms with E-state index in [-0.39, 0.29) is 0 Å². The molecule has 0 bridgehead atoms. The molecule has 88 valence electrons. The van der Waals surface area contributed by atoms with Gasteiger partial charge in [0.05, 0.1) is 0 Å². The van der Waals surface area contributed by atoms with Crippen LogP contribution in [0.5, 0.6) is 0 Å². The van der Waals surface area contributed by atoms with E-state index in [0.717, 1.165) is 5.56 Å². The molecule has 1 atom stereocenters. The van der Waals surface area contributed by atoms with Crippen LogP contribution in [0.15, 0.2) is 36.9 Å². The van der Waals surface area contributed by atoms with Gasteiger partial charge in [-0.25, -0.2) is 14.5 Å².